The number of hydrogen-bond acceptors (Lipinski definition) is 5. The van der Waals surface area contributed by atoms with Crippen LogP contribution in [0.2, 0.25) is 5.02 Å². The van der Waals surface area contributed by atoms with Crippen molar-refractivity contribution < 1.29 is 4.79 Å². The number of aromatic amines is 1. The second-order valence-corrected chi connectivity index (χ2v) is 9.63. The van der Waals surface area contributed by atoms with Crippen molar-refractivity contribution in [2.45, 2.75) is 44.4 Å². The van der Waals surface area contributed by atoms with E-state index < -0.39 is 0 Å². The number of benzene rings is 1. The van der Waals surface area contributed by atoms with E-state index in [0.717, 1.165) is 41.5 Å². The lowest BCUT2D eigenvalue weighted by Gasteiger charge is -2.17. The number of aryl methyl sites for hydroxylation is 2. The molecule has 1 aromatic carbocycles. The van der Waals surface area contributed by atoms with E-state index in [9.17, 15) is 9.59 Å². The lowest BCUT2D eigenvalue weighted by molar-refractivity contribution is -0.119. The Labute approximate surface area is 182 Å². The first-order valence-corrected chi connectivity index (χ1v) is 12.1. The SMILES string of the molecule is CCC(NC(=O)CSCc1nc2sc3c(c2c(=O)[nH]1)CCC3)c1ccc(Cl)cc1. The molecule has 3 aromatic rings. The summed E-state index contributed by atoms with van der Waals surface area (Å²) in [4.78, 5) is 34.5. The van der Waals surface area contributed by atoms with Crippen LogP contribution in [0, 0.1) is 0 Å². The minimum absolute atomic E-state index is 0.0321. The van der Waals surface area contributed by atoms with Gasteiger partial charge in [0.15, 0.2) is 0 Å². The molecule has 0 saturated carbocycles. The van der Waals surface area contributed by atoms with Crippen LogP contribution in [0.3, 0.4) is 0 Å². The standard InChI is InChI=1S/C21H22ClN3O2S2/c1-2-15(12-6-8-13(22)9-7-12)23-18(26)11-28-10-17-24-20(27)19-14-4-3-5-16(14)29-21(19)25-17/h6-9,15H,2-5,10-11H2,1H3,(H,23,26)(H,24,25,27). The molecule has 8 heteroatoms. The molecule has 152 valence electrons. The third-order valence-electron chi connectivity index (χ3n) is 5.11. The van der Waals surface area contributed by atoms with Crippen molar-refractivity contribution in [2.75, 3.05) is 5.75 Å². The van der Waals surface area contributed by atoms with E-state index in [2.05, 4.69) is 15.3 Å². The summed E-state index contributed by atoms with van der Waals surface area (Å²) in [6.07, 6.45) is 3.94. The molecular weight excluding hydrogens is 426 g/mol. The number of aromatic nitrogens is 2. The number of rotatable bonds is 7. The zero-order valence-electron chi connectivity index (χ0n) is 16.1. The highest BCUT2D eigenvalue weighted by molar-refractivity contribution is 7.99. The maximum atomic E-state index is 12.5. The fourth-order valence-electron chi connectivity index (χ4n) is 3.71. The Morgan fingerprint density at radius 3 is 2.90 bits per heavy atom. The predicted molar refractivity (Wildman–Crippen MR) is 121 cm³/mol. The van der Waals surface area contributed by atoms with Crippen molar-refractivity contribution in [2.24, 2.45) is 0 Å². The number of thiophene rings is 1. The second kappa shape index (κ2) is 8.90. The maximum absolute atomic E-state index is 12.5. The first-order valence-electron chi connectivity index (χ1n) is 9.71. The summed E-state index contributed by atoms with van der Waals surface area (Å²) in [5, 5.41) is 4.51. The second-order valence-electron chi connectivity index (χ2n) is 7.12. The van der Waals surface area contributed by atoms with E-state index in [1.54, 1.807) is 11.3 Å². The summed E-state index contributed by atoms with van der Waals surface area (Å²) >= 11 is 9.03. The summed E-state index contributed by atoms with van der Waals surface area (Å²) in [7, 11) is 0. The van der Waals surface area contributed by atoms with Crippen LogP contribution in [0.5, 0.6) is 0 Å². The Kier molecular flexibility index (Phi) is 6.27. The molecule has 0 saturated heterocycles. The Bertz CT molecular complexity index is 1090. The molecule has 29 heavy (non-hydrogen) atoms. The number of amides is 1. The largest absolute Gasteiger partial charge is 0.349 e. The van der Waals surface area contributed by atoms with E-state index in [4.69, 9.17) is 11.6 Å². The van der Waals surface area contributed by atoms with Gasteiger partial charge in [0.05, 0.1) is 22.9 Å². The molecule has 0 spiro atoms. The van der Waals surface area contributed by atoms with Gasteiger partial charge in [-0.2, -0.15) is 0 Å². The van der Waals surface area contributed by atoms with Crippen LogP contribution in [0.4, 0.5) is 0 Å². The van der Waals surface area contributed by atoms with Gasteiger partial charge >= 0.3 is 0 Å². The smallest absolute Gasteiger partial charge is 0.259 e. The Morgan fingerprint density at radius 1 is 1.34 bits per heavy atom. The highest BCUT2D eigenvalue weighted by atomic mass is 35.5. The molecule has 4 rings (SSSR count). The van der Waals surface area contributed by atoms with E-state index >= 15 is 0 Å². The topological polar surface area (TPSA) is 74.8 Å². The molecule has 0 radical (unpaired) electrons. The van der Waals surface area contributed by atoms with Crippen LogP contribution in [-0.2, 0) is 23.4 Å². The summed E-state index contributed by atoms with van der Waals surface area (Å²) < 4.78 is 0. The zero-order chi connectivity index (χ0) is 20.4. The number of halogens is 1. The molecule has 2 aromatic heterocycles. The van der Waals surface area contributed by atoms with E-state index in [0.29, 0.717) is 22.4 Å². The fraction of sp³-hybridized carbons (Fsp3) is 0.381. The summed E-state index contributed by atoms with van der Waals surface area (Å²) in [5.41, 5.74) is 2.17. The van der Waals surface area contributed by atoms with Crippen LogP contribution >= 0.6 is 34.7 Å². The fourth-order valence-corrected chi connectivity index (χ4v) is 5.82. The average Bonchev–Trinajstić information content (AvgIpc) is 3.27. The van der Waals surface area contributed by atoms with E-state index in [-0.39, 0.29) is 17.5 Å². The number of thioether (sulfide) groups is 1. The lowest BCUT2D eigenvalue weighted by Crippen LogP contribution is -2.29. The highest BCUT2D eigenvalue weighted by Gasteiger charge is 2.21. The van der Waals surface area contributed by atoms with Crippen LogP contribution in [-0.4, -0.2) is 21.6 Å². The number of fused-ring (bicyclic) bond motifs is 3. The molecule has 0 aliphatic heterocycles. The minimum atomic E-state index is -0.0526. The van der Waals surface area contributed by atoms with Gasteiger partial charge in [0.1, 0.15) is 10.7 Å². The first-order chi connectivity index (χ1) is 14.0. The average molecular weight is 448 g/mol. The Hall–Kier alpha value is -1.83. The monoisotopic (exact) mass is 447 g/mol. The molecule has 0 fully saturated rings. The van der Waals surface area contributed by atoms with E-state index in [1.165, 1.54) is 22.2 Å². The van der Waals surface area contributed by atoms with Gasteiger partial charge < -0.3 is 10.3 Å². The van der Waals surface area contributed by atoms with Crippen molar-refractivity contribution in [1.82, 2.24) is 15.3 Å². The molecular formula is C21H22ClN3O2S2. The van der Waals surface area contributed by atoms with Gasteiger partial charge in [-0.15, -0.1) is 23.1 Å². The molecule has 2 N–H and O–H groups in total. The minimum Gasteiger partial charge on any atom is -0.349 e. The van der Waals surface area contributed by atoms with Gasteiger partial charge in [-0.1, -0.05) is 30.7 Å². The molecule has 1 amide bonds. The predicted octanol–water partition coefficient (Wildman–Crippen LogP) is 4.63. The number of carbonyl (C=O) groups is 1. The van der Waals surface area contributed by atoms with Crippen molar-refractivity contribution in [3.63, 3.8) is 0 Å². The van der Waals surface area contributed by atoms with E-state index in [1.807, 2.05) is 31.2 Å². The lowest BCUT2D eigenvalue weighted by atomic mass is 10.0. The van der Waals surface area contributed by atoms with Crippen LogP contribution < -0.4 is 10.9 Å². The number of nitrogens with zero attached hydrogens (tertiary/aromatic N) is 1. The quantitative estimate of drug-likeness (QED) is 0.553. The zero-order valence-corrected chi connectivity index (χ0v) is 18.5. The van der Waals surface area contributed by atoms with Crippen molar-refractivity contribution in [3.05, 3.63) is 61.5 Å². The Morgan fingerprint density at radius 2 is 2.14 bits per heavy atom. The van der Waals surface area contributed by atoms with Gasteiger partial charge in [0, 0.05) is 9.90 Å². The third kappa shape index (κ3) is 4.52. The van der Waals surface area contributed by atoms with Gasteiger partial charge in [0.25, 0.3) is 5.56 Å². The number of hydrogen-bond donors (Lipinski definition) is 2. The van der Waals surface area contributed by atoms with Crippen molar-refractivity contribution in [1.29, 1.82) is 0 Å². The molecule has 1 aliphatic carbocycles. The molecule has 2 heterocycles. The first kappa shape index (κ1) is 20.4. The van der Waals surface area contributed by atoms with Crippen molar-refractivity contribution >= 4 is 50.8 Å². The van der Waals surface area contributed by atoms with Gasteiger partial charge in [-0.25, -0.2) is 4.98 Å². The van der Waals surface area contributed by atoms with Crippen molar-refractivity contribution in [3.8, 4) is 0 Å². The molecule has 1 atom stereocenters. The Balaban J connectivity index is 1.35. The van der Waals surface area contributed by atoms with Gasteiger partial charge in [-0.05, 0) is 48.9 Å². The third-order valence-corrected chi connectivity index (χ3v) is 7.49. The normalized spacial score (nSPS) is 14.1. The van der Waals surface area contributed by atoms with Gasteiger partial charge in [-0.3, -0.25) is 9.59 Å². The van der Waals surface area contributed by atoms with Crippen LogP contribution in [0.25, 0.3) is 10.2 Å². The molecule has 1 unspecified atom stereocenters. The number of nitrogens with one attached hydrogen (secondary N) is 2. The van der Waals surface area contributed by atoms with Crippen LogP contribution in [0.1, 0.15) is 47.6 Å². The summed E-state index contributed by atoms with van der Waals surface area (Å²) in [5.74, 6) is 1.41. The number of H-pyrrole nitrogens is 1. The van der Waals surface area contributed by atoms with Gasteiger partial charge in [0.2, 0.25) is 5.91 Å². The molecule has 1 aliphatic rings. The summed E-state index contributed by atoms with van der Waals surface area (Å²) in [6.45, 7) is 2.04. The summed E-state index contributed by atoms with van der Waals surface area (Å²) in [6, 6.07) is 7.50. The number of carbonyl (C=O) groups excluding carboxylic acids is 1. The molecule has 0 bridgehead atoms. The highest BCUT2D eigenvalue weighted by Crippen LogP contribution is 2.34. The molecule has 5 nitrogen and oxygen atoms in total. The maximum Gasteiger partial charge on any atom is 0.259 e. The van der Waals surface area contributed by atoms with Crippen LogP contribution in [0.15, 0.2) is 29.1 Å².